The number of ether oxygens (including phenoxy) is 2. The van der Waals surface area contributed by atoms with Crippen molar-refractivity contribution in [1.29, 1.82) is 0 Å². The second-order valence-electron chi connectivity index (χ2n) is 14.5. The van der Waals surface area contributed by atoms with Crippen LogP contribution in [0.5, 0.6) is 0 Å². The number of carbonyl (C=O) groups excluding carboxylic acids is 1. The van der Waals surface area contributed by atoms with Gasteiger partial charge in [-0.25, -0.2) is 4.57 Å². The van der Waals surface area contributed by atoms with Crippen LogP contribution in [-0.4, -0.2) is 98.9 Å². The summed E-state index contributed by atoms with van der Waals surface area (Å²) in [7, 11) is -5.02. The molecule has 54 heavy (non-hydrogen) atoms. The van der Waals surface area contributed by atoms with Gasteiger partial charge < -0.3 is 39.9 Å². The third-order valence-corrected chi connectivity index (χ3v) is 10.5. The summed E-state index contributed by atoms with van der Waals surface area (Å²) < 4.78 is 34.0. The monoisotopic (exact) mass is 790 g/mol. The van der Waals surface area contributed by atoms with Gasteiger partial charge in [-0.15, -0.1) is 0 Å². The van der Waals surface area contributed by atoms with E-state index in [1.165, 1.54) is 44.9 Å². The summed E-state index contributed by atoms with van der Waals surface area (Å²) in [6.45, 7) is 4.13. The zero-order chi connectivity index (χ0) is 39.9. The average Bonchev–Trinajstić information content (AvgIpc) is 3.15. The van der Waals surface area contributed by atoms with Gasteiger partial charge in [-0.3, -0.25) is 13.8 Å². The Morgan fingerprint density at radius 1 is 0.593 bits per heavy atom. The van der Waals surface area contributed by atoms with Crippen LogP contribution in [0.3, 0.4) is 0 Å². The number of rotatable bonds is 34. The molecule has 6 atom stereocenters. The maximum atomic E-state index is 12.8. The minimum atomic E-state index is -5.02. The van der Waals surface area contributed by atoms with Gasteiger partial charge in [0.2, 0.25) is 0 Å². The van der Waals surface area contributed by atoms with E-state index in [0.29, 0.717) is 13.0 Å². The van der Waals surface area contributed by atoms with Crippen LogP contribution in [0.1, 0.15) is 155 Å². The van der Waals surface area contributed by atoms with Gasteiger partial charge in [-0.1, -0.05) is 121 Å². The van der Waals surface area contributed by atoms with Crippen LogP contribution in [-0.2, 0) is 27.9 Å². The van der Waals surface area contributed by atoms with Gasteiger partial charge in [0.15, 0.2) is 0 Å². The first-order valence-corrected chi connectivity index (χ1v) is 22.3. The lowest BCUT2D eigenvalue weighted by molar-refractivity contribution is -0.220. The highest BCUT2D eigenvalue weighted by molar-refractivity contribution is 7.47. The molecule has 1 saturated carbocycles. The van der Waals surface area contributed by atoms with Crippen molar-refractivity contribution in [2.24, 2.45) is 0 Å². The lowest BCUT2D eigenvalue weighted by Gasteiger charge is -2.41. The van der Waals surface area contributed by atoms with Gasteiger partial charge in [0, 0.05) is 13.0 Å². The van der Waals surface area contributed by atoms with Crippen LogP contribution in [0.2, 0.25) is 0 Å². The van der Waals surface area contributed by atoms with Crippen LogP contribution in [0.4, 0.5) is 0 Å². The minimum Gasteiger partial charge on any atom is -0.457 e. The van der Waals surface area contributed by atoms with Gasteiger partial charge in [0.1, 0.15) is 42.7 Å². The molecule has 6 unspecified atom stereocenters. The summed E-state index contributed by atoms with van der Waals surface area (Å²) in [5.74, 6) is -0.495. The molecule has 0 amide bonds. The highest BCUT2D eigenvalue weighted by atomic mass is 31.2. The lowest BCUT2D eigenvalue weighted by atomic mass is 9.85. The first-order valence-electron chi connectivity index (χ1n) is 20.8. The Hall–Kier alpha value is -1.44. The lowest BCUT2D eigenvalue weighted by Crippen LogP contribution is -2.64. The molecule has 13 heteroatoms. The van der Waals surface area contributed by atoms with Crippen molar-refractivity contribution in [1.82, 2.24) is 0 Å². The zero-order valence-electron chi connectivity index (χ0n) is 33.3. The molecule has 0 aromatic carbocycles. The van der Waals surface area contributed by atoms with E-state index in [1.807, 2.05) is 0 Å². The van der Waals surface area contributed by atoms with E-state index in [0.717, 1.165) is 83.5 Å². The maximum Gasteiger partial charge on any atom is 0.472 e. The molecular formula is C41H75O12P. The smallest absolute Gasteiger partial charge is 0.457 e. The molecule has 316 valence electrons. The van der Waals surface area contributed by atoms with E-state index in [1.54, 1.807) is 0 Å². The van der Waals surface area contributed by atoms with Crippen LogP contribution in [0.25, 0.3) is 0 Å². The fourth-order valence-electron chi connectivity index (χ4n) is 6.09. The van der Waals surface area contributed by atoms with Crippen molar-refractivity contribution < 1.29 is 58.3 Å². The molecule has 0 spiro atoms. The Labute approximate surface area is 325 Å². The molecule has 1 aliphatic carbocycles. The van der Waals surface area contributed by atoms with E-state index < -0.39 is 63.1 Å². The summed E-state index contributed by atoms with van der Waals surface area (Å²) in [6, 6.07) is 0. The van der Waals surface area contributed by atoms with Gasteiger partial charge in [0.25, 0.3) is 0 Å². The normalized spacial score (nSPS) is 23.8. The van der Waals surface area contributed by atoms with E-state index in [4.69, 9.17) is 18.5 Å². The molecule has 1 rings (SSSR count). The van der Waals surface area contributed by atoms with Crippen molar-refractivity contribution in [3.05, 3.63) is 36.5 Å². The Morgan fingerprint density at radius 3 is 1.65 bits per heavy atom. The number of hydrogen-bond donors (Lipinski definition) is 6. The Morgan fingerprint density at radius 2 is 1.07 bits per heavy atom. The molecule has 0 saturated heterocycles. The molecule has 0 heterocycles. The predicted octanol–water partition coefficient (Wildman–Crippen LogP) is 7.53. The number of aliphatic hydroxyl groups excluding tert-OH is 5. The fourth-order valence-corrected chi connectivity index (χ4v) is 7.06. The van der Waals surface area contributed by atoms with Gasteiger partial charge in [-0.05, 0) is 64.2 Å². The number of esters is 1. The molecular weight excluding hydrogens is 715 g/mol. The third kappa shape index (κ3) is 24.9. The first kappa shape index (κ1) is 50.6. The van der Waals surface area contributed by atoms with Crippen LogP contribution in [0, 0.1) is 0 Å². The molecule has 0 radical (unpaired) electrons. The predicted molar refractivity (Wildman–Crippen MR) is 212 cm³/mol. The van der Waals surface area contributed by atoms with Gasteiger partial charge >= 0.3 is 13.8 Å². The molecule has 0 aromatic rings. The largest absolute Gasteiger partial charge is 0.472 e. The second kappa shape index (κ2) is 32.6. The quantitative estimate of drug-likeness (QED) is 0.0163. The van der Waals surface area contributed by atoms with Crippen molar-refractivity contribution >= 4 is 13.8 Å². The molecule has 1 aliphatic rings. The summed E-state index contributed by atoms with van der Waals surface area (Å²) in [5, 5.41) is 50.0. The van der Waals surface area contributed by atoms with Gasteiger partial charge in [-0.2, -0.15) is 0 Å². The van der Waals surface area contributed by atoms with E-state index in [2.05, 4.69) is 50.3 Å². The van der Waals surface area contributed by atoms with Crippen molar-refractivity contribution in [3.8, 4) is 0 Å². The summed E-state index contributed by atoms with van der Waals surface area (Å²) in [5.41, 5.74) is 0. The summed E-state index contributed by atoms with van der Waals surface area (Å²) >= 11 is 0. The Balaban J connectivity index is 2.45. The molecule has 6 N–H and O–H groups in total. The van der Waals surface area contributed by atoms with Crippen molar-refractivity contribution in [3.63, 3.8) is 0 Å². The van der Waals surface area contributed by atoms with Crippen molar-refractivity contribution in [2.75, 3.05) is 19.8 Å². The number of aliphatic hydroxyl groups is 5. The minimum absolute atomic E-state index is 0.0869. The SMILES string of the molecule is CCC/C=C\CCCCCCCCOCC(COP(=O)(O)OC1C(O)C(O)C(O)C(O)C1O)OC(=O)CCCCCCC/C=C\C/C=C\CCCCCC. The number of carbonyl (C=O) groups is 1. The molecule has 0 aromatic heterocycles. The number of phosphoric ester groups is 1. The van der Waals surface area contributed by atoms with Crippen molar-refractivity contribution in [2.45, 2.75) is 198 Å². The van der Waals surface area contributed by atoms with Gasteiger partial charge in [0.05, 0.1) is 13.2 Å². The Bertz CT molecular complexity index is 1040. The zero-order valence-corrected chi connectivity index (χ0v) is 34.2. The average molecular weight is 791 g/mol. The topological polar surface area (TPSA) is 192 Å². The summed E-state index contributed by atoms with van der Waals surface area (Å²) in [4.78, 5) is 23.0. The number of phosphoric acid groups is 1. The molecule has 1 fully saturated rings. The molecule has 12 nitrogen and oxygen atoms in total. The van der Waals surface area contributed by atoms with Crippen LogP contribution < -0.4 is 0 Å². The Kier molecular flexibility index (Phi) is 30.6. The molecule has 0 bridgehead atoms. The van der Waals surface area contributed by atoms with Crippen LogP contribution >= 0.6 is 7.82 Å². The fraction of sp³-hybridized carbons (Fsp3) is 0.829. The number of allylic oxidation sites excluding steroid dienone is 6. The highest BCUT2D eigenvalue weighted by Crippen LogP contribution is 2.47. The highest BCUT2D eigenvalue weighted by Gasteiger charge is 2.51. The number of hydrogen-bond acceptors (Lipinski definition) is 11. The summed E-state index contributed by atoms with van der Waals surface area (Å²) in [6.07, 6.45) is 23.6. The maximum absolute atomic E-state index is 12.8. The second-order valence-corrected chi connectivity index (χ2v) is 15.9. The molecule has 0 aliphatic heterocycles. The van der Waals surface area contributed by atoms with E-state index in [-0.39, 0.29) is 13.0 Å². The van der Waals surface area contributed by atoms with E-state index in [9.17, 15) is 39.8 Å². The number of unbranched alkanes of at least 4 members (excludes halogenated alkanes) is 16. The van der Waals surface area contributed by atoms with Crippen LogP contribution in [0.15, 0.2) is 36.5 Å². The third-order valence-electron chi connectivity index (χ3n) is 9.47. The first-order chi connectivity index (χ1) is 26.0. The van der Waals surface area contributed by atoms with E-state index >= 15 is 0 Å². The standard InChI is InChI=1S/C41H75O12P/c1-3-5-7-9-11-13-15-16-17-18-19-20-22-24-26-28-30-35(42)52-34(32-50-31-29-27-25-23-21-14-12-10-8-6-4-2)33-51-54(48,49)53-41-39(46)37(44)36(43)38(45)40(41)47/h8,10,13,15,17-18,34,36-41,43-47H,3-7,9,11-12,14,16,19-33H2,1-2H3,(H,48,49)/b10-8-,15-13-,18-17-.